The normalized spacial score (nSPS) is 12.2. The molecule has 0 amide bonds. The van der Waals surface area contributed by atoms with Gasteiger partial charge in [-0.3, -0.25) is 0 Å². The van der Waals surface area contributed by atoms with Crippen LogP contribution in [0.3, 0.4) is 0 Å². The summed E-state index contributed by atoms with van der Waals surface area (Å²) in [4.78, 5) is 1.39. The molecule has 4 heteroatoms. The SMILES string of the molecule is CNC(=S)NCC(C)c1cccs1. The summed E-state index contributed by atoms with van der Waals surface area (Å²) in [6.45, 7) is 3.08. The van der Waals surface area contributed by atoms with Crippen LogP contribution in [0, 0.1) is 0 Å². The number of thiocarbonyl (C=S) groups is 1. The number of hydrogen-bond acceptors (Lipinski definition) is 2. The van der Waals surface area contributed by atoms with Gasteiger partial charge in [0.1, 0.15) is 0 Å². The quantitative estimate of drug-likeness (QED) is 0.752. The summed E-state index contributed by atoms with van der Waals surface area (Å²) in [5.41, 5.74) is 0. The van der Waals surface area contributed by atoms with Crippen LogP contribution in [0.1, 0.15) is 17.7 Å². The molecule has 0 fully saturated rings. The molecule has 0 saturated heterocycles. The second kappa shape index (κ2) is 5.19. The fourth-order valence-electron chi connectivity index (χ4n) is 1.01. The minimum Gasteiger partial charge on any atom is -0.366 e. The van der Waals surface area contributed by atoms with E-state index in [0.29, 0.717) is 11.0 Å². The maximum Gasteiger partial charge on any atom is 0.166 e. The second-order valence-corrected chi connectivity index (χ2v) is 4.26. The highest BCUT2D eigenvalue weighted by atomic mass is 32.1. The van der Waals surface area contributed by atoms with Crippen molar-refractivity contribution in [1.29, 1.82) is 0 Å². The van der Waals surface area contributed by atoms with E-state index in [0.717, 1.165) is 6.54 Å². The van der Waals surface area contributed by atoms with E-state index in [1.54, 1.807) is 11.3 Å². The van der Waals surface area contributed by atoms with Gasteiger partial charge in [-0.15, -0.1) is 11.3 Å². The van der Waals surface area contributed by atoms with Gasteiger partial charge in [0.05, 0.1) is 0 Å². The number of rotatable bonds is 3. The summed E-state index contributed by atoms with van der Waals surface area (Å²) >= 11 is 6.77. The van der Waals surface area contributed by atoms with Crippen LogP contribution in [0.5, 0.6) is 0 Å². The molecule has 1 aromatic rings. The Hall–Kier alpha value is -0.610. The van der Waals surface area contributed by atoms with Crippen LogP contribution in [-0.2, 0) is 0 Å². The molecule has 72 valence electrons. The largest absolute Gasteiger partial charge is 0.366 e. The van der Waals surface area contributed by atoms with Gasteiger partial charge in [-0.05, 0) is 23.7 Å². The molecular weight excluding hydrogens is 200 g/mol. The third kappa shape index (κ3) is 3.32. The van der Waals surface area contributed by atoms with Crippen LogP contribution < -0.4 is 10.6 Å². The van der Waals surface area contributed by atoms with Crippen LogP contribution in [0.25, 0.3) is 0 Å². The summed E-state index contributed by atoms with van der Waals surface area (Å²) in [6.07, 6.45) is 0. The van der Waals surface area contributed by atoms with Crippen molar-refractivity contribution in [3.8, 4) is 0 Å². The van der Waals surface area contributed by atoms with E-state index < -0.39 is 0 Å². The Kier molecular flexibility index (Phi) is 4.18. The second-order valence-electron chi connectivity index (χ2n) is 2.88. The first-order valence-corrected chi connectivity index (χ1v) is 5.52. The zero-order valence-corrected chi connectivity index (χ0v) is 9.47. The summed E-state index contributed by atoms with van der Waals surface area (Å²) in [7, 11) is 1.82. The molecule has 13 heavy (non-hydrogen) atoms. The van der Waals surface area contributed by atoms with Gasteiger partial charge in [-0.2, -0.15) is 0 Å². The molecule has 2 N–H and O–H groups in total. The van der Waals surface area contributed by atoms with Crippen molar-refractivity contribution in [2.45, 2.75) is 12.8 Å². The zero-order valence-electron chi connectivity index (χ0n) is 7.83. The molecule has 1 rings (SSSR count). The van der Waals surface area contributed by atoms with Crippen molar-refractivity contribution >= 4 is 28.7 Å². The van der Waals surface area contributed by atoms with Gasteiger partial charge >= 0.3 is 0 Å². The first-order chi connectivity index (χ1) is 6.24. The van der Waals surface area contributed by atoms with Gasteiger partial charge in [-0.25, -0.2) is 0 Å². The van der Waals surface area contributed by atoms with Crippen LogP contribution >= 0.6 is 23.6 Å². The topological polar surface area (TPSA) is 24.1 Å². The molecule has 0 spiro atoms. The van der Waals surface area contributed by atoms with E-state index in [-0.39, 0.29) is 0 Å². The molecule has 0 saturated carbocycles. The third-order valence-electron chi connectivity index (χ3n) is 1.82. The maximum absolute atomic E-state index is 4.98. The zero-order chi connectivity index (χ0) is 9.68. The highest BCUT2D eigenvalue weighted by Crippen LogP contribution is 2.19. The summed E-state index contributed by atoms with van der Waals surface area (Å²) < 4.78 is 0. The monoisotopic (exact) mass is 214 g/mol. The summed E-state index contributed by atoms with van der Waals surface area (Å²) in [6, 6.07) is 4.23. The van der Waals surface area contributed by atoms with Crippen molar-refractivity contribution < 1.29 is 0 Å². The highest BCUT2D eigenvalue weighted by Gasteiger charge is 2.05. The van der Waals surface area contributed by atoms with E-state index in [1.165, 1.54) is 4.88 Å². The lowest BCUT2D eigenvalue weighted by Gasteiger charge is -2.11. The molecule has 1 heterocycles. The Bertz CT molecular complexity index is 257. The van der Waals surface area contributed by atoms with E-state index >= 15 is 0 Å². The van der Waals surface area contributed by atoms with E-state index in [4.69, 9.17) is 12.2 Å². The first-order valence-electron chi connectivity index (χ1n) is 4.23. The average molecular weight is 214 g/mol. The molecule has 0 aliphatic carbocycles. The molecule has 1 unspecified atom stereocenters. The van der Waals surface area contributed by atoms with E-state index in [2.05, 4.69) is 35.1 Å². The fourth-order valence-corrected chi connectivity index (χ4v) is 1.88. The Labute approximate surface area is 88.4 Å². The third-order valence-corrected chi connectivity index (χ3v) is 3.28. The lowest BCUT2D eigenvalue weighted by Crippen LogP contribution is -2.34. The Morgan fingerprint density at radius 1 is 1.69 bits per heavy atom. The van der Waals surface area contributed by atoms with Crippen LogP contribution in [0.4, 0.5) is 0 Å². The van der Waals surface area contributed by atoms with Crippen LogP contribution in [0.15, 0.2) is 17.5 Å². The predicted octanol–water partition coefficient (Wildman–Crippen LogP) is 1.95. The Balaban J connectivity index is 2.34. The Morgan fingerprint density at radius 3 is 3.00 bits per heavy atom. The molecule has 0 bridgehead atoms. The molecular formula is C9H14N2S2. The number of hydrogen-bond donors (Lipinski definition) is 2. The van der Waals surface area contributed by atoms with Crippen LogP contribution in [-0.4, -0.2) is 18.7 Å². The fraction of sp³-hybridized carbons (Fsp3) is 0.444. The van der Waals surface area contributed by atoms with Crippen molar-refractivity contribution in [2.75, 3.05) is 13.6 Å². The lowest BCUT2D eigenvalue weighted by molar-refractivity contribution is 0.727. The van der Waals surface area contributed by atoms with Crippen molar-refractivity contribution in [3.05, 3.63) is 22.4 Å². The molecule has 0 aromatic carbocycles. The number of nitrogens with one attached hydrogen (secondary N) is 2. The van der Waals surface area contributed by atoms with Crippen LogP contribution in [0.2, 0.25) is 0 Å². The first kappa shape index (κ1) is 10.5. The molecule has 0 radical (unpaired) electrons. The molecule has 1 atom stereocenters. The maximum atomic E-state index is 4.98. The van der Waals surface area contributed by atoms with Crippen molar-refractivity contribution in [1.82, 2.24) is 10.6 Å². The van der Waals surface area contributed by atoms with Gasteiger partial charge in [0.15, 0.2) is 5.11 Å². The smallest absolute Gasteiger partial charge is 0.166 e. The van der Waals surface area contributed by atoms with Gasteiger partial charge in [0.2, 0.25) is 0 Å². The van der Waals surface area contributed by atoms with Gasteiger partial charge in [0, 0.05) is 24.4 Å². The molecule has 1 aromatic heterocycles. The average Bonchev–Trinajstić information content (AvgIpc) is 2.66. The number of thiophene rings is 1. The van der Waals surface area contributed by atoms with E-state index in [1.807, 2.05) is 7.05 Å². The summed E-state index contributed by atoms with van der Waals surface area (Å²) in [5.74, 6) is 0.520. The van der Waals surface area contributed by atoms with E-state index in [9.17, 15) is 0 Å². The van der Waals surface area contributed by atoms with Crippen molar-refractivity contribution in [3.63, 3.8) is 0 Å². The summed E-state index contributed by atoms with van der Waals surface area (Å²) in [5, 5.41) is 8.85. The standard InChI is InChI=1S/C9H14N2S2/c1-7(6-11-9(12)10-2)8-4-3-5-13-8/h3-5,7H,6H2,1-2H3,(H2,10,11,12). The highest BCUT2D eigenvalue weighted by molar-refractivity contribution is 7.80. The minimum absolute atomic E-state index is 0.520. The minimum atomic E-state index is 0.520. The molecule has 2 nitrogen and oxygen atoms in total. The Morgan fingerprint density at radius 2 is 2.46 bits per heavy atom. The predicted molar refractivity (Wildman–Crippen MR) is 62.4 cm³/mol. The molecule has 0 aliphatic rings. The molecule has 0 aliphatic heterocycles. The lowest BCUT2D eigenvalue weighted by atomic mass is 10.1. The van der Waals surface area contributed by atoms with Crippen molar-refractivity contribution in [2.24, 2.45) is 0 Å². The van der Waals surface area contributed by atoms with Gasteiger partial charge in [-0.1, -0.05) is 13.0 Å². The van der Waals surface area contributed by atoms with Gasteiger partial charge < -0.3 is 10.6 Å². The van der Waals surface area contributed by atoms with Gasteiger partial charge in [0.25, 0.3) is 0 Å².